The van der Waals surface area contributed by atoms with Crippen molar-refractivity contribution >= 4 is 12.0 Å². The smallest absolute Gasteiger partial charge is 0.406 e. The van der Waals surface area contributed by atoms with Gasteiger partial charge in [-0.15, -0.1) is 0 Å². The third-order valence-electron chi connectivity index (χ3n) is 2.53. The Kier molecular flexibility index (Phi) is 7.24. The zero-order valence-electron chi connectivity index (χ0n) is 12.1. The van der Waals surface area contributed by atoms with Crippen molar-refractivity contribution in [3.8, 4) is 0 Å². The lowest BCUT2D eigenvalue weighted by atomic mass is 10.1. The first-order valence-electron chi connectivity index (χ1n) is 6.48. The Morgan fingerprint density at radius 1 is 1.50 bits per heavy atom. The molecule has 118 valence electrons. The number of primary amides is 1. The molecule has 1 aromatic rings. The van der Waals surface area contributed by atoms with Crippen molar-refractivity contribution in [2.45, 2.75) is 19.8 Å². The van der Waals surface area contributed by atoms with Crippen LogP contribution in [0.1, 0.15) is 22.8 Å². The third-order valence-corrected chi connectivity index (χ3v) is 2.53. The van der Waals surface area contributed by atoms with Gasteiger partial charge in [-0.1, -0.05) is 17.2 Å². The quantitative estimate of drug-likeness (QED) is 0.248. The maximum atomic E-state index is 11.9. The second kappa shape index (κ2) is 9.22. The Morgan fingerprint density at radius 2 is 2.27 bits per heavy atom. The molecule has 1 unspecified atom stereocenters. The van der Waals surface area contributed by atoms with Crippen molar-refractivity contribution in [2.75, 3.05) is 13.2 Å². The predicted molar refractivity (Wildman–Crippen MR) is 77.7 cm³/mol. The maximum absolute atomic E-state index is 11.9. The van der Waals surface area contributed by atoms with E-state index in [1.165, 1.54) is 6.92 Å². The number of hydrogen-bond acceptors (Lipinski definition) is 5. The fraction of sp³-hybridized carbons (Fsp3) is 0.385. The molecule has 1 atom stereocenters. The van der Waals surface area contributed by atoms with Crippen molar-refractivity contribution in [2.24, 2.45) is 10.8 Å². The summed E-state index contributed by atoms with van der Waals surface area (Å²) >= 11 is 0. The first-order chi connectivity index (χ1) is 10.5. The second-order valence-electron chi connectivity index (χ2n) is 4.22. The molecule has 0 heterocycles. The van der Waals surface area contributed by atoms with Gasteiger partial charge in [-0.3, -0.25) is 4.79 Å². The van der Waals surface area contributed by atoms with Crippen LogP contribution in [0.4, 0.5) is 4.79 Å². The summed E-state index contributed by atoms with van der Waals surface area (Å²) in [6.45, 7) is 2.11. The van der Waals surface area contributed by atoms with E-state index in [1.54, 1.807) is 24.3 Å². The minimum atomic E-state index is -0.923. The summed E-state index contributed by atoms with van der Waals surface area (Å²) in [6, 6.07) is 6.76. The van der Waals surface area contributed by atoms with E-state index in [1.807, 2.05) is 0 Å². The summed E-state index contributed by atoms with van der Waals surface area (Å²) in [5.41, 5.74) is 14.3. The number of azide groups is 1. The van der Waals surface area contributed by atoms with E-state index in [4.69, 9.17) is 16.0 Å². The summed E-state index contributed by atoms with van der Waals surface area (Å²) in [7, 11) is 0. The van der Waals surface area contributed by atoms with E-state index in [9.17, 15) is 9.59 Å². The van der Waals surface area contributed by atoms with Crippen LogP contribution in [0.3, 0.4) is 0 Å². The lowest BCUT2D eigenvalue weighted by Crippen LogP contribution is -2.30. The molecule has 9 heteroatoms. The number of hydrogen-bond donors (Lipinski definition) is 2. The molecule has 0 saturated carbocycles. The van der Waals surface area contributed by atoms with Crippen LogP contribution in [-0.4, -0.2) is 31.4 Å². The number of carbonyl (C=O) groups excluding carboxylic acids is 2. The monoisotopic (exact) mass is 307 g/mol. The number of benzene rings is 1. The van der Waals surface area contributed by atoms with E-state index in [-0.39, 0.29) is 25.6 Å². The average molecular weight is 307 g/mol. The Hall–Kier alpha value is -2.77. The normalized spacial score (nSPS) is 11.1. The van der Waals surface area contributed by atoms with Crippen LogP contribution in [-0.2, 0) is 16.0 Å². The molecule has 0 spiro atoms. The van der Waals surface area contributed by atoms with E-state index >= 15 is 0 Å². The average Bonchev–Trinajstić information content (AvgIpc) is 2.49. The molecule has 0 aliphatic heterocycles. The van der Waals surface area contributed by atoms with Gasteiger partial charge in [-0.2, -0.15) is 0 Å². The Labute approximate surface area is 127 Å². The molecule has 1 rings (SSSR count). The van der Waals surface area contributed by atoms with Gasteiger partial charge in [0.25, 0.3) is 5.91 Å². The van der Waals surface area contributed by atoms with Gasteiger partial charge in [0.05, 0.1) is 13.2 Å². The highest BCUT2D eigenvalue weighted by molar-refractivity contribution is 5.94. The molecule has 0 aromatic heterocycles. The number of nitrogens with one attached hydrogen (secondary N) is 1. The van der Waals surface area contributed by atoms with Crippen LogP contribution in [0.25, 0.3) is 10.4 Å². The highest BCUT2D eigenvalue weighted by Crippen LogP contribution is 2.06. The summed E-state index contributed by atoms with van der Waals surface area (Å²) in [5.74, 6) is -0.283. The molecule has 0 aliphatic carbocycles. The Morgan fingerprint density at radius 3 is 2.95 bits per heavy atom. The van der Waals surface area contributed by atoms with Crippen molar-refractivity contribution < 1.29 is 19.1 Å². The molecule has 0 fully saturated rings. The minimum absolute atomic E-state index is 0.165. The molecule has 0 aliphatic rings. The van der Waals surface area contributed by atoms with E-state index < -0.39 is 12.4 Å². The van der Waals surface area contributed by atoms with E-state index in [0.717, 1.165) is 5.56 Å². The number of nitrogens with zero attached hydrogens (tertiary/aromatic N) is 3. The topological polar surface area (TPSA) is 139 Å². The van der Waals surface area contributed by atoms with Crippen LogP contribution in [0, 0.1) is 0 Å². The van der Waals surface area contributed by atoms with Crippen molar-refractivity contribution in [3.05, 3.63) is 45.8 Å². The third kappa shape index (κ3) is 6.60. The van der Waals surface area contributed by atoms with Gasteiger partial charge in [0.15, 0.2) is 0 Å². The van der Waals surface area contributed by atoms with Gasteiger partial charge < -0.3 is 20.5 Å². The highest BCUT2D eigenvalue weighted by Gasteiger charge is 2.08. The molecule has 0 bridgehead atoms. The molecule has 3 N–H and O–H groups in total. The number of rotatable bonds is 8. The molecule has 0 saturated heterocycles. The van der Waals surface area contributed by atoms with Crippen LogP contribution >= 0.6 is 0 Å². The standard InChI is InChI=1S/C13H17N5O4/c1-9(22-13(14)20)21-6-5-16-12(19)11-4-2-3-10(7-11)8-17-18-15/h2-4,7,9H,5-6,8H2,1H3,(H2,14,20)(H,16,19). The van der Waals surface area contributed by atoms with Gasteiger partial charge in [-0.05, 0) is 30.2 Å². The van der Waals surface area contributed by atoms with Crippen molar-refractivity contribution in [1.82, 2.24) is 5.32 Å². The lowest BCUT2D eigenvalue weighted by Gasteiger charge is -2.12. The van der Waals surface area contributed by atoms with Gasteiger partial charge in [0, 0.05) is 17.0 Å². The molecule has 22 heavy (non-hydrogen) atoms. The number of ether oxygens (including phenoxy) is 2. The van der Waals surface area contributed by atoms with E-state index in [2.05, 4.69) is 20.1 Å². The Bertz CT molecular complexity index is 571. The van der Waals surface area contributed by atoms with Crippen molar-refractivity contribution in [3.63, 3.8) is 0 Å². The fourth-order valence-corrected chi connectivity index (χ4v) is 1.61. The van der Waals surface area contributed by atoms with Crippen LogP contribution in [0.5, 0.6) is 0 Å². The number of nitrogens with two attached hydrogens (primary N) is 1. The van der Waals surface area contributed by atoms with Crippen LogP contribution < -0.4 is 11.1 Å². The molecule has 9 nitrogen and oxygen atoms in total. The van der Waals surface area contributed by atoms with Crippen LogP contribution in [0.2, 0.25) is 0 Å². The molecular formula is C13H17N5O4. The largest absolute Gasteiger partial charge is 0.420 e. The summed E-state index contributed by atoms with van der Waals surface area (Å²) in [5, 5.41) is 6.09. The summed E-state index contributed by atoms with van der Waals surface area (Å²) in [4.78, 5) is 25.0. The maximum Gasteiger partial charge on any atom is 0.406 e. The molecular weight excluding hydrogens is 290 g/mol. The predicted octanol–water partition coefficient (Wildman–Crippen LogP) is 1.68. The Balaban J connectivity index is 2.39. The van der Waals surface area contributed by atoms with Crippen molar-refractivity contribution in [1.29, 1.82) is 0 Å². The van der Waals surface area contributed by atoms with Crippen LogP contribution in [0.15, 0.2) is 29.4 Å². The van der Waals surface area contributed by atoms with Gasteiger partial charge in [0.1, 0.15) is 0 Å². The van der Waals surface area contributed by atoms with Gasteiger partial charge in [0.2, 0.25) is 6.29 Å². The molecule has 1 aromatic carbocycles. The fourth-order valence-electron chi connectivity index (χ4n) is 1.61. The van der Waals surface area contributed by atoms with Gasteiger partial charge in [-0.25, -0.2) is 4.79 Å². The molecule has 2 amide bonds. The first kappa shape index (κ1) is 17.3. The van der Waals surface area contributed by atoms with E-state index in [0.29, 0.717) is 5.56 Å². The number of carbonyl (C=O) groups is 2. The zero-order valence-corrected chi connectivity index (χ0v) is 12.1. The summed E-state index contributed by atoms with van der Waals surface area (Å²) in [6.07, 6.45) is -1.70. The molecule has 0 radical (unpaired) electrons. The minimum Gasteiger partial charge on any atom is -0.420 e. The highest BCUT2D eigenvalue weighted by atomic mass is 16.7. The zero-order chi connectivity index (χ0) is 16.4. The second-order valence-corrected chi connectivity index (χ2v) is 4.22. The van der Waals surface area contributed by atoms with Gasteiger partial charge >= 0.3 is 6.09 Å². The first-order valence-corrected chi connectivity index (χ1v) is 6.48. The number of amides is 2. The summed E-state index contributed by atoms with van der Waals surface area (Å²) < 4.78 is 9.68. The SMILES string of the molecule is CC(OCCNC(=O)c1cccc(CN=[N+]=[N-])c1)OC(N)=O. The lowest BCUT2D eigenvalue weighted by molar-refractivity contribution is -0.0869.